The zero-order chi connectivity index (χ0) is 24.2. The van der Waals surface area contributed by atoms with E-state index in [0.29, 0.717) is 31.8 Å². The number of carbonyl (C=O) groups excluding carboxylic acids is 3. The van der Waals surface area contributed by atoms with Crippen LogP contribution >= 0.6 is 39.3 Å². The molecule has 0 unspecified atom stereocenters. The van der Waals surface area contributed by atoms with Gasteiger partial charge < -0.3 is 19.8 Å². The van der Waals surface area contributed by atoms with Crippen molar-refractivity contribution < 1.29 is 23.5 Å². The fourth-order valence-electron chi connectivity index (χ4n) is 3.06. The number of nitrogens with zero attached hydrogens (tertiary/aromatic N) is 1. The van der Waals surface area contributed by atoms with Crippen molar-refractivity contribution in [2.24, 2.45) is 0 Å². The van der Waals surface area contributed by atoms with E-state index < -0.39 is 24.4 Å². The highest BCUT2D eigenvalue weighted by atomic mass is 79.9. The van der Waals surface area contributed by atoms with Crippen molar-refractivity contribution in [2.75, 3.05) is 19.0 Å². The van der Waals surface area contributed by atoms with Gasteiger partial charge in [-0.05, 0) is 58.4 Å². The van der Waals surface area contributed by atoms with Crippen LogP contribution in [0.15, 0.2) is 79.2 Å². The van der Waals surface area contributed by atoms with Crippen molar-refractivity contribution >= 4 is 68.9 Å². The van der Waals surface area contributed by atoms with Crippen molar-refractivity contribution in [1.29, 1.82) is 0 Å². The number of para-hydroxylation sites is 2. The predicted octanol–water partition coefficient (Wildman–Crippen LogP) is 5.39. The van der Waals surface area contributed by atoms with Gasteiger partial charge in [0.05, 0.1) is 17.3 Å². The molecular formula is C23H17BrClN3O5S. The highest BCUT2D eigenvalue weighted by molar-refractivity contribution is 9.10. The molecule has 8 nitrogen and oxygen atoms in total. The van der Waals surface area contributed by atoms with Gasteiger partial charge in [-0.1, -0.05) is 35.5 Å². The molecule has 0 atom stereocenters. The summed E-state index contributed by atoms with van der Waals surface area (Å²) < 4.78 is 11.7. The summed E-state index contributed by atoms with van der Waals surface area (Å²) >= 11 is 10.7. The van der Waals surface area contributed by atoms with Gasteiger partial charge in [-0.3, -0.25) is 9.59 Å². The van der Waals surface area contributed by atoms with E-state index in [-0.39, 0.29) is 5.70 Å². The summed E-state index contributed by atoms with van der Waals surface area (Å²) in [7, 11) is 1.48. The molecule has 0 saturated carbocycles. The lowest BCUT2D eigenvalue weighted by atomic mass is 10.3. The first-order valence-electron chi connectivity index (χ1n) is 9.84. The summed E-state index contributed by atoms with van der Waals surface area (Å²) in [5.74, 6) is -0.368. The number of ether oxygens (including phenoxy) is 1. The summed E-state index contributed by atoms with van der Waals surface area (Å²) in [4.78, 5) is 39.2. The van der Waals surface area contributed by atoms with Crippen LogP contribution < -0.4 is 15.4 Å². The Morgan fingerprint density at radius 2 is 1.97 bits per heavy atom. The molecule has 2 aromatic carbocycles. The zero-order valence-corrected chi connectivity index (χ0v) is 20.8. The maximum absolute atomic E-state index is 12.7. The molecular weight excluding hydrogens is 546 g/mol. The average molecular weight is 563 g/mol. The van der Waals surface area contributed by atoms with Crippen molar-refractivity contribution in [3.8, 4) is 5.75 Å². The van der Waals surface area contributed by atoms with E-state index in [0.717, 1.165) is 9.80 Å². The standard InChI is InChI=1S/C23H17BrClN3O5S/c1-32-19-5-3-2-4-17(19)26-20(29)12-28-21(30)18(27-23(28)31)11-14-10-16(24)22(33-14)34-15-8-6-13(25)7-9-15/h2-11H,12H2,1H3,(H,26,29)(H,27,31)/b18-11+. The second-order valence-electron chi connectivity index (χ2n) is 6.97. The number of anilines is 1. The van der Waals surface area contributed by atoms with Crippen LogP contribution in [0.1, 0.15) is 5.76 Å². The van der Waals surface area contributed by atoms with E-state index >= 15 is 0 Å². The lowest BCUT2D eigenvalue weighted by Crippen LogP contribution is -2.38. The van der Waals surface area contributed by atoms with Crippen LogP contribution in [0.25, 0.3) is 6.08 Å². The molecule has 1 aliphatic rings. The van der Waals surface area contributed by atoms with Crippen molar-refractivity contribution in [3.05, 3.63) is 75.5 Å². The van der Waals surface area contributed by atoms with E-state index in [1.165, 1.54) is 24.9 Å². The number of furan rings is 1. The van der Waals surface area contributed by atoms with Gasteiger partial charge in [-0.2, -0.15) is 0 Å². The molecule has 11 heteroatoms. The average Bonchev–Trinajstić information content (AvgIpc) is 3.28. The number of halogens is 2. The Kier molecular flexibility index (Phi) is 7.30. The first-order valence-corrected chi connectivity index (χ1v) is 11.8. The monoisotopic (exact) mass is 561 g/mol. The van der Waals surface area contributed by atoms with Crippen molar-refractivity contribution in [1.82, 2.24) is 10.2 Å². The van der Waals surface area contributed by atoms with Crippen LogP contribution in [0.3, 0.4) is 0 Å². The third-order valence-corrected chi connectivity index (χ3v) is 6.73. The van der Waals surface area contributed by atoms with E-state index in [1.54, 1.807) is 42.5 Å². The summed E-state index contributed by atoms with van der Waals surface area (Å²) in [5.41, 5.74) is 0.434. The second kappa shape index (κ2) is 10.4. The fourth-order valence-corrected chi connectivity index (χ4v) is 4.51. The molecule has 4 rings (SSSR count). The van der Waals surface area contributed by atoms with Gasteiger partial charge in [0.25, 0.3) is 5.91 Å². The fraction of sp³-hybridized carbons (Fsp3) is 0.0870. The number of imide groups is 1. The summed E-state index contributed by atoms with van der Waals surface area (Å²) in [6.07, 6.45) is 1.41. The highest BCUT2D eigenvalue weighted by Gasteiger charge is 2.35. The second-order valence-corrected chi connectivity index (χ2v) is 9.31. The largest absolute Gasteiger partial charge is 0.495 e. The molecule has 174 valence electrons. The van der Waals surface area contributed by atoms with E-state index in [9.17, 15) is 14.4 Å². The van der Waals surface area contributed by atoms with Gasteiger partial charge in [0.1, 0.15) is 23.8 Å². The number of rotatable bonds is 7. The maximum atomic E-state index is 12.7. The molecule has 0 bridgehead atoms. The summed E-state index contributed by atoms with van der Waals surface area (Å²) in [6.45, 7) is -0.459. The molecule has 1 saturated heterocycles. The van der Waals surface area contributed by atoms with E-state index in [2.05, 4.69) is 26.6 Å². The van der Waals surface area contributed by atoms with Crippen molar-refractivity contribution in [2.45, 2.75) is 9.99 Å². The molecule has 1 fully saturated rings. The van der Waals surface area contributed by atoms with Crippen LogP contribution in [-0.4, -0.2) is 36.4 Å². The Labute approximate surface area is 212 Å². The molecule has 1 aliphatic heterocycles. The zero-order valence-electron chi connectivity index (χ0n) is 17.6. The highest BCUT2D eigenvalue weighted by Crippen LogP contribution is 2.37. The Balaban J connectivity index is 1.44. The molecule has 1 aromatic heterocycles. The Hall–Kier alpha value is -3.21. The third kappa shape index (κ3) is 5.46. The predicted molar refractivity (Wildman–Crippen MR) is 132 cm³/mol. The van der Waals surface area contributed by atoms with Gasteiger partial charge in [-0.15, -0.1) is 0 Å². The van der Waals surface area contributed by atoms with E-state index in [1.807, 2.05) is 12.1 Å². The number of amides is 4. The molecule has 3 aromatic rings. The summed E-state index contributed by atoms with van der Waals surface area (Å²) in [6, 6.07) is 15.1. The van der Waals surface area contributed by atoms with Crippen LogP contribution in [-0.2, 0) is 9.59 Å². The minimum Gasteiger partial charge on any atom is -0.495 e. The van der Waals surface area contributed by atoms with Gasteiger partial charge in [0, 0.05) is 16.0 Å². The van der Waals surface area contributed by atoms with Crippen LogP contribution in [0.2, 0.25) is 5.02 Å². The minimum absolute atomic E-state index is 0.000570. The Morgan fingerprint density at radius 1 is 1.24 bits per heavy atom. The molecule has 0 aliphatic carbocycles. The molecule has 4 amide bonds. The SMILES string of the molecule is COc1ccccc1NC(=O)CN1C(=O)N/C(=C/c2cc(Br)c(Sc3ccc(Cl)cc3)o2)C1=O. The number of hydrogen-bond donors (Lipinski definition) is 2. The normalized spacial score (nSPS) is 14.4. The smallest absolute Gasteiger partial charge is 0.329 e. The Bertz CT molecular complexity index is 1290. The first-order chi connectivity index (χ1) is 16.3. The molecule has 0 radical (unpaired) electrons. The van der Waals surface area contributed by atoms with Crippen molar-refractivity contribution in [3.63, 3.8) is 0 Å². The maximum Gasteiger partial charge on any atom is 0.329 e. The van der Waals surface area contributed by atoms with E-state index in [4.69, 9.17) is 20.8 Å². The number of carbonyl (C=O) groups is 3. The van der Waals surface area contributed by atoms with Gasteiger partial charge in [0.15, 0.2) is 5.09 Å². The minimum atomic E-state index is -0.701. The number of urea groups is 1. The Morgan fingerprint density at radius 3 is 2.71 bits per heavy atom. The number of methoxy groups -OCH3 is 1. The lowest BCUT2D eigenvalue weighted by Gasteiger charge is -2.13. The topological polar surface area (TPSA) is 101 Å². The molecule has 2 N–H and O–H groups in total. The summed E-state index contributed by atoms with van der Waals surface area (Å²) in [5, 5.41) is 6.31. The van der Waals surface area contributed by atoms with Gasteiger partial charge >= 0.3 is 6.03 Å². The van der Waals surface area contributed by atoms with Crippen LogP contribution in [0.4, 0.5) is 10.5 Å². The molecule has 2 heterocycles. The van der Waals surface area contributed by atoms with Gasteiger partial charge in [-0.25, -0.2) is 9.69 Å². The molecule has 0 spiro atoms. The lowest BCUT2D eigenvalue weighted by molar-refractivity contribution is -0.127. The first kappa shape index (κ1) is 23.9. The number of hydrogen-bond acceptors (Lipinski definition) is 6. The molecule has 34 heavy (non-hydrogen) atoms. The third-order valence-electron chi connectivity index (χ3n) is 4.63. The van der Waals surface area contributed by atoms with Gasteiger partial charge in [0.2, 0.25) is 5.91 Å². The number of nitrogens with one attached hydrogen (secondary N) is 2. The quantitative estimate of drug-likeness (QED) is 0.296. The number of benzene rings is 2. The van der Waals surface area contributed by atoms with Crippen LogP contribution in [0, 0.1) is 0 Å². The van der Waals surface area contributed by atoms with Crippen LogP contribution in [0.5, 0.6) is 5.75 Å².